The largest absolute Gasteiger partial charge is 0.370 e. The zero-order valence-corrected chi connectivity index (χ0v) is 15.0. The van der Waals surface area contributed by atoms with Gasteiger partial charge >= 0.3 is 0 Å². The van der Waals surface area contributed by atoms with E-state index in [4.69, 9.17) is 0 Å². The molecule has 0 aliphatic carbocycles. The first-order chi connectivity index (χ1) is 12.6. The van der Waals surface area contributed by atoms with E-state index in [9.17, 15) is 9.59 Å². The van der Waals surface area contributed by atoms with Gasteiger partial charge in [0.15, 0.2) is 0 Å². The lowest BCUT2D eigenvalue weighted by molar-refractivity contribution is -0.127. The first-order valence-corrected chi connectivity index (χ1v) is 8.74. The molecule has 0 unspecified atom stereocenters. The van der Waals surface area contributed by atoms with Gasteiger partial charge in [0.2, 0.25) is 5.91 Å². The number of hydrogen-bond donors (Lipinski definition) is 2. The number of carbonyl (C=O) groups excluding carboxylic acids is 2. The van der Waals surface area contributed by atoms with Crippen LogP contribution >= 0.6 is 0 Å². The van der Waals surface area contributed by atoms with Gasteiger partial charge in [-0.05, 0) is 36.8 Å². The molecule has 7 nitrogen and oxygen atoms in total. The summed E-state index contributed by atoms with van der Waals surface area (Å²) in [4.78, 5) is 34.1. The number of rotatable bonds is 6. The Balaban J connectivity index is 1.66. The highest BCUT2D eigenvalue weighted by atomic mass is 16.2. The SMILES string of the molecule is CCNC(=O)c1ccc(NC[C@@H]2CC(=O)N(C)[C@H]2c2ccncc2)nc1. The smallest absolute Gasteiger partial charge is 0.252 e. The molecule has 2 atom stereocenters. The van der Waals surface area contributed by atoms with Crippen LogP contribution in [-0.4, -0.2) is 46.8 Å². The Labute approximate surface area is 152 Å². The molecule has 26 heavy (non-hydrogen) atoms. The van der Waals surface area contributed by atoms with E-state index in [-0.39, 0.29) is 23.8 Å². The molecule has 7 heteroatoms. The van der Waals surface area contributed by atoms with Crippen molar-refractivity contribution in [2.24, 2.45) is 5.92 Å². The molecule has 0 bridgehead atoms. The van der Waals surface area contributed by atoms with Crippen LogP contribution in [0.4, 0.5) is 5.82 Å². The van der Waals surface area contributed by atoms with Crippen LogP contribution in [0.1, 0.15) is 35.3 Å². The summed E-state index contributed by atoms with van der Waals surface area (Å²) in [7, 11) is 1.84. The minimum absolute atomic E-state index is 0.0209. The van der Waals surface area contributed by atoms with E-state index in [1.165, 1.54) is 0 Å². The van der Waals surface area contributed by atoms with E-state index < -0.39 is 0 Å². The third-order valence-electron chi connectivity index (χ3n) is 4.65. The van der Waals surface area contributed by atoms with E-state index in [1.54, 1.807) is 35.6 Å². The zero-order chi connectivity index (χ0) is 18.5. The second kappa shape index (κ2) is 7.95. The van der Waals surface area contributed by atoms with Crippen molar-refractivity contribution in [2.45, 2.75) is 19.4 Å². The number of nitrogens with zero attached hydrogens (tertiary/aromatic N) is 3. The van der Waals surface area contributed by atoms with Crippen molar-refractivity contribution in [1.82, 2.24) is 20.2 Å². The van der Waals surface area contributed by atoms with Crippen molar-refractivity contribution >= 4 is 17.6 Å². The summed E-state index contributed by atoms with van der Waals surface area (Å²) in [5.74, 6) is 0.832. The second-order valence-electron chi connectivity index (χ2n) is 6.37. The Bertz CT molecular complexity index is 763. The molecule has 2 amide bonds. The molecule has 1 saturated heterocycles. The zero-order valence-electron chi connectivity index (χ0n) is 15.0. The lowest BCUT2D eigenvalue weighted by Crippen LogP contribution is -2.26. The van der Waals surface area contributed by atoms with Gasteiger partial charge < -0.3 is 15.5 Å². The summed E-state index contributed by atoms with van der Waals surface area (Å²) in [5, 5.41) is 6.03. The molecule has 2 N–H and O–H groups in total. The van der Waals surface area contributed by atoms with E-state index in [1.807, 2.05) is 26.1 Å². The van der Waals surface area contributed by atoms with Crippen molar-refractivity contribution in [3.05, 3.63) is 54.0 Å². The van der Waals surface area contributed by atoms with Crippen molar-refractivity contribution in [3.8, 4) is 0 Å². The van der Waals surface area contributed by atoms with Gasteiger partial charge in [0.05, 0.1) is 11.6 Å². The van der Waals surface area contributed by atoms with Gasteiger partial charge in [-0.15, -0.1) is 0 Å². The Morgan fingerprint density at radius 3 is 2.69 bits per heavy atom. The molecule has 0 saturated carbocycles. The molecule has 1 aliphatic rings. The first-order valence-electron chi connectivity index (χ1n) is 8.74. The molecule has 1 aliphatic heterocycles. The highest BCUT2D eigenvalue weighted by molar-refractivity contribution is 5.93. The van der Waals surface area contributed by atoms with Crippen LogP contribution < -0.4 is 10.6 Å². The molecule has 0 aromatic carbocycles. The fourth-order valence-corrected chi connectivity index (χ4v) is 3.32. The molecular weight excluding hydrogens is 330 g/mol. The Kier molecular flexibility index (Phi) is 5.46. The topological polar surface area (TPSA) is 87.2 Å². The summed E-state index contributed by atoms with van der Waals surface area (Å²) in [6.07, 6.45) is 5.54. The minimum atomic E-state index is -0.132. The average molecular weight is 353 g/mol. The Morgan fingerprint density at radius 2 is 2.04 bits per heavy atom. The molecule has 0 spiro atoms. The molecule has 2 aromatic rings. The quantitative estimate of drug-likeness (QED) is 0.828. The number of nitrogens with one attached hydrogen (secondary N) is 2. The number of pyridine rings is 2. The first kappa shape index (κ1) is 17.8. The maximum absolute atomic E-state index is 12.2. The molecule has 0 radical (unpaired) electrons. The van der Waals surface area contributed by atoms with Crippen LogP contribution in [0.5, 0.6) is 0 Å². The van der Waals surface area contributed by atoms with Gasteiger partial charge in [-0.2, -0.15) is 0 Å². The summed E-state index contributed by atoms with van der Waals surface area (Å²) in [6.45, 7) is 3.08. The van der Waals surface area contributed by atoms with Gasteiger partial charge in [0.25, 0.3) is 5.91 Å². The summed E-state index contributed by atoms with van der Waals surface area (Å²) in [5.41, 5.74) is 1.61. The standard InChI is InChI=1S/C19H23N5O2/c1-3-21-19(26)14-4-5-16(22-11-14)23-12-15-10-17(25)24(2)18(15)13-6-8-20-9-7-13/h4-9,11,15,18H,3,10,12H2,1-2H3,(H,21,26)(H,22,23)/t15-,18-/m0/s1. The third kappa shape index (κ3) is 3.82. The number of anilines is 1. The predicted molar refractivity (Wildman–Crippen MR) is 98.6 cm³/mol. The van der Waals surface area contributed by atoms with Crippen molar-refractivity contribution in [1.29, 1.82) is 0 Å². The van der Waals surface area contributed by atoms with E-state index in [2.05, 4.69) is 20.6 Å². The number of likely N-dealkylation sites (tertiary alicyclic amines) is 1. The van der Waals surface area contributed by atoms with Crippen LogP contribution in [0.15, 0.2) is 42.9 Å². The van der Waals surface area contributed by atoms with Crippen LogP contribution in [0.25, 0.3) is 0 Å². The van der Waals surface area contributed by atoms with Crippen molar-refractivity contribution in [2.75, 3.05) is 25.5 Å². The summed E-state index contributed by atoms with van der Waals surface area (Å²) < 4.78 is 0. The maximum Gasteiger partial charge on any atom is 0.252 e. The van der Waals surface area contributed by atoms with Gasteiger partial charge in [-0.3, -0.25) is 14.6 Å². The normalized spacial score (nSPS) is 19.5. The summed E-state index contributed by atoms with van der Waals surface area (Å²) in [6, 6.07) is 7.45. The van der Waals surface area contributed by atoms with Crippen LogP contribution in [-0.2, 0) is 4.79 Å². The lowest BCUT2D eigenvalue weighted by atomic mass is 9.94. The third-order valence-corrected chi connectivity index (χ3v) is 4.65. The van der Waals surface area contributed by atoms with E-state index in [0.717, 1.165) is 5.56 Å². The van der Waals surface area contributed by atoms with Gasteiger partial charge in [0.1, 0.15) is 5.82 Å². The number of aromatic nitrogens is 2. The van der Waals surface area contributed by atoms with E-state index in [0.29, 0.717) is 30.9 Å². The molecule has 1 fully saturated rings. The molecule has 136 valence electrons. The monoisotopic (exact) mass is 353 g/mol. The lowest BCUT2D eigenvalue weighted by Gasteiger charge is -2.25. The van der Waals surface area contributed by atoms with Gasteiger partial charge in [0, 0.05) is 51.1 Å². The average Bonchev–Trinajstić information content (AvgIpc) is 2.95. The molecule has 3 rings (SSSR count). The number of hydrogen-bond acceptors (Lipinski definition) is 5. The van der Waals surface area contributed by atoms with Gasteiger partial charge in [-0.25, -0.2) is 4.98 Å². The van der Waals surface area contributed by atoms with Gasteiger partial charge in [-0.1, -0.05) is 0 Å². The molecule has 2 aromatic heterocycles. The van der Waals surface area contributed by atoms with Crippen LogP contribution in [0.2, 0.25) is 0 Å². The molecule has 3 heterocycles. The fraction of sp³-hybridized carbons (Fsp3) is 0.368. The summed E-state index contributed by atoms with van der Waals surface area (Å²) >= 11 is 0. The predicted octanol–water partition coefficient (Wildman–Crippen LogP) is 1.86. The Morgan fingerprint density at radius 1 is 1.27 bits per heavy atom. The highest BCUT2D eigenvalue weighted by Crippen LogP contribution is 2.36. The van der Waals surface area contributed by atoms with E-state index >= 15 is 0 Å². The Hall–Kier alpha value is -2.96. The van der Waals surface area contributed by atoms with Crippen LogP contribution in [0.3, 0.4) is 0 Å². The fourth-order valence-electron chi connectivity index (χ4n) is 3.32. The number of amides is 2. The van der Waals surface area contributed by atoms with Crippen molar-refractivity contribution in [3.63, 3.8) is 0 Å². The van der Waals surface area contributed by atoms with Crippen LogP contribution in [0, 0.1) is 5.92 Å². The molecular formula is C19H23N5O2. The highest BCUT2D eigenvalue weighted by Gasteiger charge is 2.38. The number of carbonyl (C=O) groups is 2. The maximum atomic E-state index is 12.2. The minimum Gasteiger partial charge on any atom is -0.370 e. The second-order valence-corrected chi connectivity index (χ2v) is 6.37. The van der Waals surface area contributed by atoms with Crippen molar-refractivity contribution < 1.29 is 9.59 Å².